The summed E-state index contributed by atoms with van der Waals surface area (Å²) in [5, 5.41) is 2.88. The van der Waals surface area contributed by atoms with Crippen LogP contribution >= 0.6 is 0 Å². The molecule has 0 bridgehead atoms. The van der Waals surface area contributed by atoms with Crippen LogP contribution in [0.5, 0.6) is 0 Å². The van der Waals surface area contributed by atoms with E-state index in [0.29, 0.717) is 12.3 Å². The topological polar surface area (TPSA) is 75.7 Å². The lowest BCUT2D eigenvalue weighted by atomic mass is 9.93. The second kappa shape index (κ2) is 9.69. The predicted octanol–water partition coefficient (Wildman–Crippen LogP) is 4.17. The lowest BCUT2D eigenvalue weighted by molar-refractivity contribution is -0.137. The molecular formula is C24H24N2O4. The number of rotatable bonds is 6. The predicted molar refractivity (Wildman–Crippen MR) is 116 cm³/mol. The number of hydrogen-bond donors (Lipinski definition) is 1. The quantitative estimate of drug-likeness (QED) is 0.579. The van der Waals surface area contributed by atoms with Crippen molar-refractivity contribution < 1.29 is 19.1 Å². The van der Waals surface area contributed by atoms with Gasteiger partial charge in [-0.1, -0.05) is 36.4 Å². The van der Waals surface area contributed by atoms with E-state index in [2.05, 4.69) is 5.32 Å². The van der Waals surface area contributed by atoms with Gasteiger partial charge in [-0.15, -0.1) is 0 Å². The van der Waals surface area contributed by atoms with Gasteiger partial charge in [0.1, 0.15) is 0 Å². The average molecular weight is 404 g/mol. The van der Waals surface area contributed by atoms with Crippen LogP contribution in [0.2, 0.25) is 0 Å². The average Bonchev–Trinajstić information content (AvgIpc) is 2.73. The van der Waals surface area contributed by atoms with Crippen LogP contribution in [0.15, 0.2) is 60.8 Å². The zero-order valence-corrected chi connectivity index (χ0v) is 17.0. The molecule has 2 aromatic rings. The van der Waals surface area contributed by atoms with E-state index in [9.17, 15) is 14.4 Å². The number of fused-ring (bicyclic) bond motifs is 1. The Labute approximate surface area is 175 Å². The van der Waals surface area contributed by atoms with Crippen LogP contribution in [-0.4, -0.2) is 29.3 Å². The molecule has 0 saturated heterocycles. The first-order valence-electron chi connectivity index (χ1n) is 9.78. The van der Waals surface area contributed by atoms with Crippen molar-refractivity contribution >= 4 is 35.6 Å². The van der Waals surface area contributed by atoms with E-state index >= 15 is 0 Å². The molecule has 0 aromatic heterocycles. The standard InChI is InChI=1S/C24H24N2O4/c1-3-30-24(29)13-10-18-8-11-20(12-9-18)25-23(28)16-22-21-7-5-4-6-19(21)14-15-26(22)17(2)27/h4-15,22H,3,16H2,1-2H3,(H,25,28)/b13-10+. The fourth-order valence-corrected chi connectivity index (χ4v) is 3.33. The number of carbonyl (C=O) groups excluding carboxylic acids is 3. The van der Waals surface area contributed by atoms with Gasteiger partial charge in [-0.25, -0.2) is 4.79 Å². The number of hydrogen-bond acceptors (Lipinski definition) is 4. The van der Waals surface area contributed by atoms with E-state index in [1.54, 1.807) is 48.4 Å². The van der Waals surface area contributed by atoms with Crippen molar-refractivity contribution in [2.24, 2.45) is 0 Å². The highest BCUT2D eigenvalue weighted by Crippen LogP contribution is 2.33. The summed E-state index contributed by atoms with van der Waals surface area (Å²) in [7, 11) is 0. The molecule has 1 heterocycles. The van der Waals surface area contributed by atoms with Crippen LogP contribution in [-0.2, 0) is 19.1 Å². The van der Waals surface area contributed by atoms with E-state index in [0.717, 1.165) is 16.7 Å². The van der Waals surface area contributed by atoms with Crippen molar-refractivity contribution in [3.05, 3.63) is 77.5 Å². The summed E-state index contributed by atoms with van der Waals surface area (Å²) >= 11 is 0. The molecule has 2 aromatic carbocycles. The first kappa shape index (κ1) is 21.0. The van der Waals surface area contributed by atoms with Crippen LogP contribution in [0.1, 0.15) is 43.0 Å². The summed E-state index contributed by atoms with van der Waals surface area (Å²) in [6.07, 6.45) is 6.77. The van der Waals surface area contributed by atoms with Crippen LogP contribution in [0, 0.1) is 0 Å². The zero-order valence-electron chi connectivity index (χ0n) is 17.0. The van der Waals surface area contributed by atoms with Crippen LogP contribution in [0.3, 0.4) is 0 Å². The van der Waals surface area contributed by atoms with Crippen molar-refractivity contribution in [2.45, 2.75) is 26.3 Å². The number of nitrogens with zero attached hydrogens (tertiary/aromatic N) is 1. The second-order valence-corrected chi connectivity index (χ2v) is 6.85. The molecule has 154 valence electrons. The molecule has 1 N–H and O–H groups in total. The van der Waals surface area contributed by atoms with Gasteiger partial charge >= 0.3 is 5.97 Å². The summed E-state index contributed by atoms with van der Waals surface area (Å²) in [4.78, 5) is 37.7. The maximum Gasteiger partial charge on any atom is 0.330 e. The summed E-state index contributed by atoms with van der Waals surface area (Å²) in [5.74, 6) is -0.700. The zero-order chi connectivity index (χ0) is 21.5. The van der Waals surface area contributed by atoms with Crippen LogP contribution in [0.25, 0.3) is 12.2 Å². The first-order valence-corrected chi connectivity index (χ1v) is 9.78. The smallest absolute Gasteiger partial charge is 0.330 e. The monoisotopic (exact) mass is 404 g/mol. The third kappa shape index (κ3) is 5.23. The molecule has 1 aliphatic rings. The molecule has 0 radical (unpaired) electrons. The molecule has 1 atom stereocenters. The lowest BCUT2D eigenvalue weighted by Gasteiger charge is -2.32. The summed E-state index contributed by atoms with van der Waals surface area (Å²) in [6.45, 7) is 3.57. The van der Waals surface area contributed by atoms with Gasteiger partial charge in [0.2, 0.25) is 11.8 Å². The van der Waals surface area contributed by atoms with Crippen molar-refractivity contribution in [3.63, 3.8) is 0 Å². The van der Waals surface area contributed by atoms with Gasteiger partial charge in [0.25, 0.3) is 0 Å². The second-order valence-electron chi connectivity index (χ2n) is 6.85. The minimum atomic E-state index is -0.397. The number of esters is 1. The minimum absolute atomic E-state index is 0.115. The Kier molecular flexibility index (Phi) is 6.80. The number of anilines is 1. The number of amides is 2. The van der Waals surface area contributed by atoms with E-state index in [1.807, 2.05) is 30.3 Å². The Morgan fingerprint density at radius 1 is 1.10 bits per heavy atom. The van der Waals surface area contributed by atoms with Gasteiger partial charge in [0.15, 0.2) is 0 Å². The van der Waals surface area contributed by atoms with E-state index in [4.69, 9.17) is 4.74 Å². The highest BCUT2D eigenvalue weighted by Gasteiger charge is 2.28. The third-order valence-corrected chi connectivity index (χ3v) is 4.74. The molecule has 6 nitrogen and oxygen atoms in total. The molecule has 30 heavy (non-hydrogen) atoms. The van der Waals surface area contributed by atoms with Crippen LogP contribution in [0.4, 0.5) is 5.69 Å². The molecule has 1 aliphatic heterocycles. The Balaban J connectivity index is 1.66. The number of carbonyl (C=O) groups is 3. The molecule has 0 spiro atoms. The SMILES string of the molecule is CCOC(=O)/C=C/c1ccc(NC(=O)CC2c3ccccc3C=CN2C(C)=O)cc1. The van der Waals surface area contributed by atoms with Crippen molar-refractivity contribution in [3.8, 4) is 0 Å². The van der Waals surface area contributed by atoms with E-state index in [1.165, 1.54) is 13.0 Å². The molecule has 6 heteroatoms. The van der Waals surface area contributed by atoms with Gasteiger partial charge in [0, 0.05) is 24.9 Å². The van der Waals surface area contributed by atoms with E-state index < -0.39 is 5.97 Å². The fourth-order valence-electron chi connectivity index (χ4n) is 3.33. The highest BCUT2D eigenvalue weighted by atomic mass is 16.5. The summed E-state index contributed by atoms with van der Waals surface area (Å²) in [6, 6.07) is 14.5. The largest absolute Gasteiger partial charge is 0.463 e. The highest BCUT2D eigenvalue weighted by molar-refractivity contribution is 5.92. The molecule has 0 saturated carbocycles. The normalized spacial score (nSPS) is 15.0. The maximum atomic E-state index is 12.7. The van der Waals surface area contributed by atoms with Gasteiger partial charge < -0.3 is 15.0 Å². The van der Waals surface area contributed by atoms with Gasteiger partial charge in [-0.3, -0.25) is 9.59 Å². The Morgan fingerprint density at radius 3 is 2.53 bits per heavy atom. The first-order chi connectivity index (χ1) is 14.5. The number of ether oxygens (including phenoxy) is 1. The van der Waals surface area contributed by atoms with Gasteiger partial charge in [-0.2, -0.15) is 0 Å². The summed E-state index contributed by atoms with van der Waals surface area (Å²) < 4.78 is 4.85. The molecule has 2 amide bonds. The fraction of sp³-hybridized carbons (Fsp3) is 0.208. The number of benzene rings is 2. The lowest BCUT2D eigenvalue weighted by Crippen LogP contribution is -2.33. The maximum absolute atomic E-state index is 12.7. The Morgan fingerprint density at radius 2 is 1.83 bits per heavy atom. The van der Waals surface area contributed by atoms with Crippen molar-refractivity contribution in [1.29, 1.82) is 0 Å². The summed E-state index contributed by atoms with van der Waals surface area (Å²) in [5.41, 5.74) is 3.41. The minimum Gasteiger partial charge on any atom is -0.463 e. The molecule has 3 rings (SSSR count). The molecule has 1 unspecified atom stereocenters. The molecule has 0 aliphatic carbocycles. The Hall–Kier alpha value is -3.67. The molecular weight excluding hydrogens is 380 g/mol. The van der Waals surface area contributed by atoms with Gasteiger partial charge in [-0.05, 0) is 47.9 Å². The van der Waals surface area contributed by atoms with Gasteiger partial charge in [0.05, 0.1) is 19.1 Å². The third-order valence-electron chi connectivity index (χ3n) is 4.74. The van der Waals surface area contributed by atoms with Crippen LogP contribution < -0.4 is 5.32 Å². The molecule has 0 fully saturated rings. The number of nitrogens with one attached hydrogen (secondary N) is 1. The van der Waals surface area contributed by atoms with E-state index in [-0.39, 0.29) is 24.3 Å². The van der Waals surface area contributed by atoms with Crippen molar-refractivity contribution in [2.75, 3.05) is 11.9 Å². The Bertz CT molecular complexity index is 993. The van der Waals surface area contributed by atoms with Crippen molar-refractivity contribution in [1.82, 2.24) is 4.90 Å².